The zero-order valence-electron chi connectivity index (χ0n) is 10.5. The molecule has 2 nitrogen and oxygen atoms in total. The van der Waals surface area contributed by atoms with Crippen molar-refractivity contribution in [1.29, 1.82) is 0 Å². The fraction of sp³-hybridized carbons (Fsp3) is 0.571. The summed E-state index contributed by atoms with van der Waals surface area (Å²) in [5.41, 5.74) is 1.29. The van der Waals surface area contributed by atoms with Crippen LogP contribution in [-0.2, 0) is 0 Å². The van der Waals surface area contributed by atoms with Gasteiger partial charge in [-0.25, -0.2) is 0 Å². The molecule has 1 aromatic rings. The number of halogens is 1. The molecule has 1 aliphatic rings. The summed E-state index contributed by atoms with van der Waals surface area (Å²) in [4.78, 5) is 0. The molecule has 1 heterocycles. The van der Waals surface area contributed by atoms with Crippen LogP contribution in [-0.4, -0.2) is 12.6 Å². The fourth-order valence-electron chi connectivity index (χ4n) is 2.45. The zero-order valence-corrected chi connectivity index (χ0v) is 12.1. The lowest BCUT2D eigenvalue weighted by Gasteiger charge is -2.32. The van der Waals surface area contributed by atoms with E-state index < -0.39 is 0 Å². The first-order valence-electron chi connectivity index (χ1n) is 6.44. The number of rotatable bonds is 4. The maximum Gasteiger partial charge on any atom is 0.125 e. The van der Waals surface area contributed by atoms with Crippen LogP contribution in [0, 0.1) is 0 Å². The molecule has 1 aliphatic heterocycles. The Morgan fingerprint density at radius 1 is 1.41 bits per heavy atom. The van der Waals surface area contributed by atoms with Gasteiger partial charge in [-0.3, -0.25) is 0 Å². The highest BCUT2D eigenvalue weighted by Gasteiger charge is 2.27. The number of fused-ring (bicyclic) bond motifs is 1. The van der Waals surface area contributed by atoms with E-state index in [2.05, 4.69) is 53.3 Å². The van der Waals surface area contributed by atoms with Crippen molar-refractivity contribution in [3.8, 4) is 5.75 Å². The molecule has 2 unspecified atom stereocenters. The van der Waals surface area contributed by atoms with Crippen LogP contribution in [0.1, 0.15) is 44.7 Å². The second-order valence-corrected chi connectivity index (χ2v) is 5.47. The molecule has 0 bridgehead atoms. The Labute approximate surface area is 112 Å². The van der Waals surface area contributed by atoms with Crippen molar-refractivity contribution in [2.45, 2.75) is 45.3 Å². The molecule has 0 spiro atoms. The fourth-order valence-corrected chi connectivity index (χ4v) is 2.79. The van der Waals surface area contributed by atoms with Gasteiger partial charge in [0.15, 0.2) is 0 Å². The van der Waals surface area contributed by atoms with Gasteiger partial charge in [-0.05, 0) is 25.1 Å². The van der Waals surface area contributed by atoms with E-state index in [9.17, 15) is 0 Å². The highest BCUT2D eigenvalue weighted by atomic mass is 79.9. The zero-order chi connectivity index (χ0) is 12.3. The van der Waals surface area contributed by atoms with Crippen molar-refractivity contribution >= 4 is 15.9 Å². The summed E-state index contributed by atoms with van der Waals surface area (Å²) in [6, 6.07) is 6.77. The van der Waals surface area contributed by atoms with E-state index in [-0.39, 0.29) is 0 Å². The van der Waals surface area contributed by atoms with Crippen LogP contribution in [0.3, 0.4) is 0 Å². The third-order valence-electron chi connectivity index (χ3n) is 3.20. The first kappa shape index (κ1) is 12.9. The molecular weight excluding hydrogens is 278 g/mol. The third kappa shape index (κ3) is 3.02. The number of benzene rings is 1. The minimum absolute atomic E-state index is 0.353. The van der Waals surface area contributed by atoms with Crippen molar-refractivity contribution in [1.82, 2.24) is 5.32 Å². The molecule has 0 fully saturated rings. The third-order valence-corrected chi connectivity index (χ3v) is 3.70. The molecule has 2 atom stereocenters. The molecule has 1 aromatic carbocycles. The Bertz CT molecular complexity index is 380. The van der Waals surface area contributed by atoms with E-state index in [1.54, 1.807) is 0 Å². The molecule has 0 aromatic heterocycles. The molecule has 0 amide bonds. The monoisotopic (exact) mass is 297 g/mol. The van der Waals surface area contributed by atoms with Gasteiger partial charge in [0.05, 0.1) is 0 Å². The lowest BCUT2D eigenvalue weighted by Crippen LogP contribution is -2.32. The van der Waals surface area contributed by atoms with E-state index >= 15 is 0 Å². The Balaban J connectivity index is 2.24. The maximum atomic E-state index is 6.06. The van der Waals surface area contributed by atoms with E-state index in [0.717, 1.165) is 29.6 Å². The van der Waals surface area contributed by atoms with Crippen molar-refractivity contribution < 1.29 is 4.74 Å². The molecule has 2 rings (SSSR count). The standard InChI is InChI=1S/C14H20BrNO/c1-3-5-11-9-13(16-4-2)12-7-6-10(15)8-14(12)17-11/h6-8,11,13,16H,3-5,9H2,1-2H3. The molecule has 0 radical (unpaired) electrons. The topological polar surface area (TPSA) is 21.3 Å². The summed E-state index contributed by atoms with van der Waals surface area (Å²) in [5, 5.41) is 3.55. The van der Waals surface area contributed by atoms with Gasteiger partial charge in [-0.15, -0.1) is 0 Å². The average Bonchev–Trinajstić information content (AvgIpc) is 2.29. The van der Waals surface area contributed by atoms with Crippen LogP contribution in [0.4, 0.5) is 0 Å². The van der Waals surface area contributed by atoms with Crippen LogP contribution < -0.4 is 10.1 Å². The number of hydrogen-bond donors (Lipinski definition) is 1. The van der Waals surface area contributed by atoms with Gasteiger partial charge in [0.2, 0.25) is 0 Å². The lowest BCUT2D eigenvalue weighted by molar-refractivity contribution is 0.140. The number of ether oxygens (including phenoxy) is 1. The van der Waals surface area contributed by atoms with Crippen LogP contribution in [0.2, 0.25) is 0 Å². The Morgan fingerprint density at radius 3 is 2.94 bits per heavy atom. The molecule has 0 saturated carbocycles. The van der Waals surface area contributed by atoms with Gasteiger partial charge < -0.3 is 10.1 Å². The number of hydrogen-bond acceptors (Lipinski definition) is 2. The molecule has 17 heavy (non-hydrogen) atoms. The first-order chi connectivity index (χ1) is 8.24. The smallest absolute Gasteiger partial charge is 0.125 e. The first-order valence-corrected chi connectivity index (χ1v) is 7.23. The van der Waals surface area contributed by atoms with Gasteiger partial charge in [0.1, 0.15) is 11.9 Å². The second kappa shape index (κ2) is 5.87. The molecule has 1 N–H and O–H groups in total. The molecule has 0 aliphatic carbocycles. The predicted octanol–water partition coefficient (Wildman–Crippen LogP) is 4.05. The van der Waals surface area contributed by atoms with E-state index in [1.165, 1.54) is 12.0 Å². The number of nitrogens with one attached hydrogen (secondary N) is 1. The van der Waals surface area contributed by atoms with Crippen molar-refractivity contribution in [3.63, 3.8) is 0 Å². The summed E-state index contributed by atoms with van der Waals surface area (Å²) in [6.45, 7) is 5.36. The van der Waals surface area contributed by atoms with Crippen LogP contribution in [0.25, 0.3) is 0 Å². The quantitative estimate of drug-likeness (QED) is 0.905. The van der Waals surface area contributed by atoms with Crippen LogP contribution >= 0.6 is 15.9 Å². The average molecular weight is 298 g/mol. The summed E-state index contributed by atoms with van der Waals surface area (Å²) < 4.78 is 7.15. The second-order valence-electron chi connectivity index (χ2n) is 4.56. The van der Waals surface area contributed by atoms with E-state index in [1.807, 2.05) is 0 Å². The summed E-state index contributed by atoms with van der Waals surface area (Å²) >= 11 is 3.51. The molecule has 3 heteroatoms. The van der Waals surface area contributed by atoms with Crippen LogP contribution in [0.15, 0.2) is 22.7 Å². The molecule has 94 valence electrons. The minimum Gasteiger partial charge on any atom is -0.490 e. The van der Waals surface area contributed by atoms with Gasteiger partial charge in [-0.2, -0.15) is 0 Å². The SMILES string of the molecule is CCCC1CC(NCC)c2ccc(Br)cc2O1. The maximum absolute atomic E-state index is 6.06. The van der Waals surface area contributed by atoms with Crippen molar-refractivity contribution in [3.05, 3.63) is 28.2 Å². The molecular formula is C14H20BrNO. The highest BCUT2D eigenvalue weighted by Crippen LogP contribution is 2.37. The minimum atomic E-state index is 0.353. The predicted molar refractivity (Wildman–Crippen MR) is 74.5 cm³/mol. The lowest BCUT2D eigenvalue weighted by atomic mass is 9.94. The summed E-state index contributed by atoms with van der Waals surface area (Å²) in [5.74, 6) is 1.04. The normalized spacial score (nSPS) is 23.0. The van der Waals surface area contributed by atoms with Crippen molar-refractivity contribution in [2.24, 2.45) is 0 Å². The highest BCUT2D eigenvalue weighted by molar-refractivity contribution is 9.10. The Hall–Kier alpha value is -0.540. The van der Waals surface area contributed by atoms with Gasteiger partial charge in [-0.1, -0.05) is 42.3 Å². The Kier molecular flexibility index (Phi) is 4.46. The van der Waals surface area contributed by atoms with Gasteiger partial charge in [0, 0.05) is 22.5 Å². The summed E-state index contributed by atoms with van der Waals surface area (Å²) in [7, 11) is 0. The van der Waals surface area contributed by atoms with E-state index in [4.69, 9.17) is 4.74 Å². The van der Waals surface area contributed by atoms with E-state index in [0.29, 0.717) is 12.1 Å². The Morgan fingerprint density at radius 2 is 2.24 bits per heavy atom. The van der Waals surface area contributed by atoms with Crippen molar-refractivity contribution in [2.75, 3.05) is 6.54 Å². The van der Waals surface area contributed by atoms with Gasteiger partial charge in [0.25, 0.3) is 0 Å². The van der Waals surface area contributed by atoms with Gasteiger partial charge >= 0.3 is 0 Å². The summed E-state index contributed by atoms with van der Waals surface area (Å²) in [6.07, 6.45) is 3.74. The van der Waals surface area contributed by atoms with Crippen LogP contribution in [0.5, 0.6) is 5.75 Å². The largest absolute Gasteiger partial charge is 0.490 e. The molecule has 0 saturated heterocycles.